The number of nitrogens with zero attached hydrogens (tertiary/aromatic N) is 4. The maximum absolute atomic E-state index is 13.1. The summed E-state index contributed by atoms with van der Waals surface area (Å²) in [5.41, 5.74) is 0.0913. The minimum atomic E-state index is -0.659. The topological polar surface area (TPSA) is 131 Å². The molecule has 1 atom stereocenters. The average molecular weight is 545 g/mol. The van der Waals surface area contributed by atoms with Crippen LogP contribution >= 0.6 is 11.6 Å². The number of carbonyl (C=O) groups excluding carboxylic acids is 1. The minimum Gasteiger partial charge on any atom is -0.490 e. The molecule has 0 aliphatic carbocycles. The Kier molecular flexibility index (Phi) is 7.80. The number of piperazine rings is 1. The number of aryl methyl sites for hydroxylation is 1. The zero-order chi connectivity index (χ0) is 27.8. The zero-order valence-corrected chi connectivity index (χ0v) is 23.2. The molecule has 2 N–H and O–H groups in total. The highest BCUT2D eigenvalue weighted by molar-refractivity contribution is 6.30. The van der Waals surface area contributed by atoms with Crippen LogP contribution in [0, 0.1) is 6.92 Å². The van der Waals surface area contributed by atoms with Crippen molar-refractivity contribution in [3.63, 3.8) is 0 Å². The van der Waals surface area contributed by atoms with Crippen LogP contribution in [-0.2, 0) is 4.74 Å². The van der Waals surface area contributed by atoms with E-state index in [1.54, 1.807) is 18.0 Å². The second-order valence-electron chi connectivity index (χ2n) is 10.6. The molecule has 0 saturated carbocycles. The van der Waals surface area contributed by atoms with Gasteiger partial charge in [-0.05, 0) is 45.2 Å². The van der Waals surface area contributed by atoms with Crippen LogP contribution in [0.5, 0.6) is 5.75 Å². The van der Waals surface area contributed by atoms with Gasteiger partial charge in [-0.15, -0.1) is 0 Å². The molecule has 1 unspecified atom stereocenters. The first-order chi connectivity index (χ1) is 17.9. The predicted molar refractivity (Wildman–Crippen MR) is 145 cm³/mol. The number of aromatic nitrogens is 4. The van der Waals surface area contributed by atoms with Crippen molar-refractivity contribution in [2.24, 2.45) is 0 Å². The molecule has 1 aliphatic heterocycles. The summed E-state index contributed by atoms with van der Waals surface area (Å²) in [4.78, 5) is 51.7. The molecule has 1 fully saturated rings. The number of rotatable bonds is 5. The summed E-state index contributed by atoms with van der Waals surface area (Å²) in [6.45, 7) is 12.8. The van der Waals surface area contributed by atoms with E-state index in [0.29, 0.717) is 31.0 Å². The number of hydrogen-bond donors (Lipinski definition) is 2. The van der Waals surface area contributed by atoms with Crippen LogP contribution in [0.2, 0.25) is 5.15 Å². The van der Waals surface area contributed by atoms with Crippen LogP contribution in [0.1, 0.15) is 51.8 Å². The Morgan fingerprint density at radius 1 is 1.29 bits per heavy atom. The number of amides is 1. The summed E-state index contributed by atoms with van der Waals surface area (Å²) in [5, 5.41) is 3.37. The summed E-state index contributed by atoms with van der Waals surface area (Å²) < 4.78 is 13.0. The van der Waals surface area contributed by atoms with E-state index in [0.717, 1.165) is 5.56 Å². The molecule has 1 saturated heterocycles. The highest BCUT2D eigenvalue weighted by Crippen LogP contribution is 2.29. The zero-order valence-electron chi connectivity index (χ0n) is 22.4. The molecule has 0 radical (unpaired) electrons. The van der Waals surface area contributed by atoms with Crippen molar-refractivity contribution in [1.82, 2.24) is 29.7 Å². The summed E-state index contributed by atoms with van der Waals surface area (Å²) in [7, 11) is 0. The molecular weight excluding hydrogens is 512 g/mol. The Morgan fingerprint density at radius 3 is 2.71 bits per heavy atom. The Bertz CT molecular complexity index is 1480. The van der Waals surface area contributed by atoms with E-state index in [1.807, 2.05) is 40.7 Å². The third kappa shape index (κ3) is 5.68. The van der Waals surface area contributed by atoms with Crippen molar-refractivity contribution in [1.29, 1.82) is 0 Å². The van der Waals surface area contributed by atoms with Gasteiger partial charge in [0.15, 0.2) is 5.65 Å². The van der Waals surface area contributed by atoms with E-state index in [1.165, 1.54) is 10.6 Å². The van der Waals surface area contributed by atoms with Crippen LogP contribution in [0.15, 0.2) is 27.9 Å². The maximum Gasteiger partial charge on any atom is 0.410 e. The number of pyridine rings is 2. The highest BCUT2D eigenvalue weighted by Gasteiger charge is 2.31. The van der Waals surface area contributed by atoms with E-state index in [9.17, 15) is 14.4 Å². The lowest BCUT2D eigenvalue weighted by molar-refractivity contribution is 0.00638. The number of H-pyrrole nitrogens is 1. The van der Waals surface area contributed by atoms with Crippen molar-refractivity contribution < 1.29 is 14.3 Å². The quantitative estimate of drug-likeness (QED) is 0.468. The van der Waals surface area contributed by atoms with Crippen LogP contribution in [0.4, 0.5) is 4.79 Å². The highest BCUT2D eigenvalue weighted by atomic mass is 35.5. The lowest BCUT2D eigenvalue weighted by Crippen LogP contribution is -2.56. The maximum atomic E-state index is 13.1. The second-order valence-corrected chi connectivity index (χ2v) is 11.0. The normalized spacial score (nSPS) is 16.2. The molecule has 0 aromatic carbocycles. The van der Waals surface area contributed by atoms with Gasteiger partial charge in [0, 0.05) is 31.9 Å². The molecule has 3 aromatic rings. The van der Waals surface area contributed by atoms with E-state index in [-0.39, 0.29) is 40.5 Å². The molecule has 11 nitrogen and oxygen atoms in total. The molecule has 1 aliphatic rings. The number of hydrogen-bond acceptors (Lipinski definition) is 8. The van der Waals surface area contributed by atoms with Crippen molar-refractivity contribution >= 4 is 28.7 Å². The first-order valence-electron chi connectivity index (χ1n) is 12.5. The van der Waals surface area contributed by atoms with Gasteiger partial charge < -0.3 is 14.8 Å². The lowest BCUT2D eigenvalue weighted by atomic mass is 10.0. The van der Waals surface area contributed by atoms with Crippen molar-refractivity contribution in [3.8, 4) is 11.4 Å². The van der Waals surface area contributed by atoms with Crippen molar-refractivity contribution in [3.05, 3.63) is 55.6 Å². The molecule has 4 rings (SSSR count). The van der Waals surface area contributed by atoms with Gasteiger partial charge in [-0.25, -0.2) is 19.1 Å². The van der Waals surface area contributed by atoms with E-state index < -0.39 is 22.9 Å². The number of ether oxygens (including phenoxy) is 2. The Morgan fingerprint density at radius 2 is 2.03 bits per heavy atom. The van der Waals surface area contributed by atoms with Gasteiger partial charge in [0.05, 0.1) is 17.4 Å². The predicted octanol–water partition coefficient (Wildman–Crippen LogP) is 3.14. The summed E-state index contributed by atoms with van der Waals surface area (Å²) in [5.74, 6) is 0.213. The molecule has 3 aromatic heterocycles. The Balaban J connectivity index is 1.78. The van der Waals surface area contributed by atoms with Gasteiger partial charge >= 0.3 is 11.8 Å². The van der Waals surface area contributed by atoms with Crippen molar-refractivity contribution in [2.75, 3.05) is 26.2 Å². The van der Waals surface area contributed by atoms with Gasteiger partial charge in [-0.1, -0.05) is 25.4 Å². The smallest absolute Gasteiger partial charge is 0.410 e. The third-order valence-corrected chi connectivity index (χ3v) is 6.38. The fourth-order valence-electron chi connectivity index (χ4n) is 4.48. The van der Waals surface area contributed by atoms with Crippen LogP contribution < -0.4 is 21.3 Å². The molecule has 4 heterocycles. The SMILES string of the molecule is Cc1nccc(C(C)C)c1-n1c(=O)[nH]c(=O)c2c(OCC3CNCCN3C(=O)OC(C)(C)C)cc(Cl)nc21. The second kappa shape index (κ2) is 10.7. The summed E-state index contributed by atoms with van der Waals surface area (Å²) in [6.07, 6.45) is 1.24. The van der Waals surface area contributed by atoms with Gasteiger partial charge in [0.1, 0.15) is 28.5 Å². The summed E-state index contributed by atoms with van der Waals surface area (Å²) in [6, 6.07) is 2.90. The first kappa shape index (κ1) is 27.6. The molecule has 1 amide bonds. The number of carbonyl (C=O) groups is 1. The van der Waals surface area contributed by atoms with E-state index in [2.05, 4.69) is 20.3 Å². The monoisotopic (exact) mass is 544 g/mol. The number of aromatic amines is 1. The lowest BCUT2D eigenvalue weighted by Gasteiger charge is -2.36. The molecule has 204 valence electrons. The number of fused-ring (bicyclic) bond motifs is 1. The van der Waals surface area contributed by atoms with Gasteiger partial charge in [-0.3, -0.25) is 19.7 Å². The van der Waals surface area contributed by atoms with E-state index in [4.69, 9.17) is 21.1 Å². The molecule has 12 heteroatoms. The molecule has 38 heavy (non-hydrogen) atoms. The molecule has 0 bridgehead atoms. The van der Waals surface area contributed by atoms with E-state index >= 15 is 0 Å². The Hall–Kier alpha value is -3.44. The largest absolute Gasteiger partial charge is 0.490 e. The van der Waals surface area contributed by atoms with Crippen molar-refractivity contribution in [2.45, 2.75) is 59.1 Å². The first-order valence-corrected chi connectivity index (χ1v) is 12.9. The van der Waals surface area contributed by atoms with Gasteiger partial charge in [0.25, 0.3) is 5.56 Å². The van der Waals surface area contributed by atoms with Crippen LogP contribution in [0.3, 0.4) is 0 Å². The Labute approximate surface area is 225 Å². The van der Waals surface area contributed by atoms with Crippen LogP contribution in [0.25, 0.3) is 16.7 Å². The van der Waals surface area contributed by atoms with Gasteiger partial charge in [-0.2, -0.15) is 0 Å². The summed E-state index contributed by atoms with van der Waals surface area (Å²) >= 11 is 6.37. The van der Waals surface area contributed by atoms with Crippen LogP contribution in [-0.4, -0.2) is 68.4 Å². The number of halogens is 1. The molecular formula is C26H33ClN6O5. The number of nitrogens with one attached hydrogen (secondary N) is 2. The fraction of sp³-hybridized carbons (Fsp3) is 0.500. The average Bonchev–Trinajstić information content (AvgIpc) is 2.82. The van der Waals surface area contributed by atoms with Gasteiger partial charge in [0.2, 0.25) is 0 Å². The molecule has 0 spiro atoms. The standard InChI is InChI=1S/C26H33ClN6O5/c1-14(2)17-7-8-29-15(3)21(17)33-22-20(23(34)31-24(33)35)18(11-19(27)30-22)37-13-16-12-28-9-10-32(16)25(36)38-26(4,5)6/h7-8,11,14,16,28H,9-10,12-13H2,1-6H3,(H,31,34,35). The fourth-order valence-corrected chi connectivity index (χ4v) is 4.66. The minimum absolute atomic E-state index is 0.0460. The third-order valence-electron chi connectivity index (χ3n) is 6.19.